The minimum absolute atomic E-state index is 0.00389. The first kappa shape index (κ1) is 13.3. The Morgan fingerprint density at radius 2 is 2.26 bits per heavy atom. The van der Waals surface area contributed by atoms with Crippen LogP contribution in [0.3, 0.4) is 0 Å². The van der Waals surface area contributed by atoms with Gasteiger partial charge in [-0.15, -0.1) is 0 Å². The van der Waals surface area contributed by atoms with Crippen molar-refractivity contribution < 1.29 is 14.3 Å². The fourth-order valence-electron chi connectivity index (χ4n) is 1.87. The van der Waals surface area contributed by atoms with Crippen molar-refractivity contribution in [3.05, 3.63) is 41.5 Å². The maximum absolute atomic E-state index is 11.8. The zero-order chi connectivity index (χ0) is 13.5. The molecule has 2 rings (SSSR count). The molecule has 0 bridgehead atoms. The number of carbonyl (C=O) groups excluding carboxylic acids is 1. The van der Waals surface area contributed by atoms with E-state index in [1.165, 1.54) is 6.08 Å². The zero-order valence-corrected chi connectivity index (χ0v) is 10.5. The molecule has 1 aliphatic heterocycles. The molecule has 0 N–H and O–H groups in total. The summed E-state index contributed by atoms with van der Waals surface area (Å²) in [6.45, 7) is 0.930. The van der Waals surface area contributed by atoms with Gasteiger partial charge in [-0.1, -0.05) is 30.3 Å². The fourth-order valence-corrected chi connectivity index (χ4v) is 1.87. The molecular weight excluding hydrogens is 242 g/mol. The lowest BCUT2D eigenvalue weighted by atomic mass is 10.1. The predicted octanol–water partition coefficient (Wildman–Crippen LogP) is 2.32. The van der Waals surface area contributed by atoms with Crippen LogP contribution in [0.5, 0.6) is 0 Å². The highest BCUT2D eigenvalue weighted by Gasteiger charge is 2.19. The van der Waals surface area contributed by atoms with E-state index in [4.69, 9.17) is 14.7 Å². The van der Waals surface area contributed by atoms with Gasteiger partial charge >= 0.3 is 5.97 Å². The van der Waals surface area contributed by atoms with E-state index in [0.717, 1.165) is 18.4 Å². The van der Waals surface area contributed by atoms with E-state index < -0.39 is 5.97 Å². The van der Waals surface area contributed by atoms with Crippen LogP contribution in [0, 0.1) is 11.3 Å². The predicted molar refractivity (Wildman–Crippen MR) is 70.0 cm³/mol. The van der Waals surface area contributed by atoms with Gasteiger partial charge in [0.1, 0.15) is 18.2 Å². The number of esters is 1. The van der Waals surface area contributed by atoms with Crippen molar-refractivity contribution >= 4 is 12.0 Å². The molecule has 1 fully saturated rings. The molecule has 1 saturated heterocycles. The molecule has 0 radical (unpaired) electrons. The third kappa shape index (κ3) is 3.94. The Balaban J connectivity index is 1.95. The molecular formula is C15H15NO3. The highest BCUT2D eigenvalue weighted by atomic mass is 16.6. The molecule has 0 unspecified atom stereocenters. The van der Waals surface area contributed by atoms with Crippen LogP contribution in [0.15, 0.2) is 35.9 Å². The van der Waals surface area contributed by atoms with Crippen molar-refractivity contribution in [3.8, 4) is 6.07 Å². The van der Waals surface area contributed by atoms with E-state index in [0.29, 0.717) is 6.61 Å². The van der Waals surface area contributed by atoms with Gasteiger partial charge in [-0.25, -0.2) is 4.79 Å². The Labute approximate surface area is 112 Å². The summed E-state index contributed by atoms with van der Waals surface area (Å²) in [5, 5.41) is 9.00. The van der Waals surface area contributed by atoms with E-state index in [1.807, 2.05) is 36.4 Å². The molecule has 19 heavy (non-hydrogen) atoms. The number of ether oxygens (including phenoxy) is 2. The summed E-state index contributed by atoms with van der Waals surface area (Å²) in [7, 11) is 0. The fraction of sp³-hybridized carbons (Fsp3) is 0.333. The second kappa shape index (κ2) is 6.72. The molecule has 0 amide bonds. The van der Waals surface area contributed by atoms with Gasteiger partial charge in [0.2, 0.25) is 0 Å². The van der Waals surface area contributed by atoms with Gasteiger partial charge in [0.25, 0.3) is 0 Å². The van der Waals surface area contributed by atoms with E-state index in [9.17, 15) is 4.79 Å². The summed E-state index contributed by atoms with van der Waals surface area (Å²) in [6.07, 6.45) is 3.39. The number of nitriles is 1. The zero-order valence-electron chi connectivity index (χ0n) is 10.5. The smallest absolute Gasteiger partial charge is 0.348 e. The first-order chi connectivity index (χ1) is 9.29. The first-order valence-electron chi connectivity index (χ1n) is 6.25. The average Bonchev–Trinajstić information content (AvgIpc) is 2.96. The molecule has 4 nitrogen and oxygen atoms in total. The van der Waals surface area contributed by atoms with Gasteiger partial charge in [-0.2, -0.15) is 5.26 Å². The van der Waals surface area contributed by atoms with Crippen molar-refractivity contribution in [2.45, 2.75) is 18.9 Å². The Kier molecular flexibility index (Phi) is 4.71. The summed E-state index contributed by atoms with van der Waals surface area (Å²) in [4.78, 5) is 11.8. The number of rotatable bonds is 4. The van der Waals surface area contributed by atoms with Crippen molar-refractivity contribution in [3.63, 3.8) is 0 Å². The maximum atomic E-state index is 11.8. The minimum atomic E-state index is -0.596. The van der Waals surface area contributed by atoms with Crippen LogP contribution in [0.25, 0.3) is 6.08 Å². The van der Waals surface area contributed by atoms with Crippen LogP contribution in [0.1, 0.15) is 18.4 Å². The normalized spacial score (nSPS) is 18.9. The van der Waals surface area contributed by atoms with Crippen LogP contribution < -0.4 is 0 Å². The van der Waals surface area contributed by atoms with Crippen molar-refractivity contribution in [2.75, 3.05) is 13.2 Å². The van der Waals surface area contributed by atoms with E-state index >= 15 is 0 Å². The lowest BCUT2D eigenvalue weighted by Crippen LogP contribution is -2.18. The second-order valence-electron chi connectivity index (χ2n) is 4.31. The number of benzene rings is 1. The molecule has 0 aromatic heterocycles. The SMILES string of the molecule is N#C/C(=C/c1ccccc1)C(=O)OC[C@@H]1CCCO1. The summed E-state index contributed by atoms with van der Waals surface area (Å²) >= 11 is 0. The van der Waals surface area contributed by atoms with E-state index in [-0.39, 0.29) is 18.3 Å². The molecule has 98 valence electrons. The van der Waals surface area contributed by atoms with Crippen molar-refractivity contribution in [2.24, 2.45) is 0 Å². The maximum Gasteiger partial charge on any atom is 0.348 e. The molecule has 0 spiro atoms. The summed E-state index contributed by atoms with van der Waals surface area (Å²) in [6, 6.07) is 11.1. The van der Waals surface area contributed by atoms with Gasteiger partial charge in [0, 0.05) is 6.61 Å². The van der Waals surface area contributed by atoms with Crippen molar-refractivity contribution in [1.82, 2.24) is 0 Å². The standard InChI is InChI=1S/C15H15NO3/c16-10-13(9-12-5-2-1-3-6-12)15(17)19-11-14-7-4-8-18-14/h1-3,5-6,9,14H,4,7-8,11H2/b13-9-/t14-/m0/s1. The quantitative estimate of drug-likeness (QED) is 0.472. The highest BCUT2D eigenvalue weighted by molar-refractivity contribution is 5.97. The Morgan fingerprint density at radius 3 is 2.89 bits per heavy atom. The van der Waals surface area contributed by atoms with Crippen LogP contribution in [0.2, 0.25) is 0 Å². The monoisotopic (exact) mass is 257 g/mol. The summed E-state index contributed by atoms with van der Waals surface area (Å²) < 4.78 is 10.5. The Hall–Kier alpha value is -2.12. The highest BCUT2D eigenvalue weighted by Crippen LogP contribution is 2.13. The molecule has 1 aliphatic rings. The lowest BCUT2D eigenvalue weighted by Gasteiger charge is -2.09. The summed E-state index contributed by atoms with van der Waals surface area (Å²) in [5.41, 5.74) is 0.803. The number of hydrogen-bond donors (Lipinski definition) is 0. The third-order valence-electron chi connectivity index (χ3n) is 2.88. The number of carbonyl (C=O) groups is 1. The van der Waals surface area contributed by atoms with Gasteiger partial charge < -0.3 is 9.47 Å². The Morgan fingerprint density at radius 1 is 1.47 bits per heavy atom. The summed E-state index contributed by atoms with van der Waals surface area (Å²) in [5.74, 6) is -0.596. The Bertz CT molecular complexity index is 496. The van der Waals surface area contributed by atoms with Crippen LogP contribution in [0.4, 0.5) is 0 Å². The van der Waals surface area contributed by atoms with Gasteiger partial charge in [-0.05, 0) is 24.5 Å². The molecule has 0 saturated carbocycles. The van der Waals surface area contributed by atoms with Gasteiger partial charge in [-0.3, -0.25) is 0 Å². The number of hydrogen-bond acceptors (Lipinski definition) is 4. The van der Waals surface area contributed by atoms with Crippen molar-refractivity contribution in [1.29, 1.82) is 5.26 Å². The lowest BCUT2D eigenvalue weighted by molar-refractivity contribution is -0.141. The second-order valence-corrected chi connectivity index (χ2v) is 4.31. The molecule has 1 aromatic rings. The topological polar surface area (TPSA) is 59.3 Å². The largest absolute Gasteiger partial charge is 0.459 e. The molecule has 1 atom stereocenters. The number of nitrogens with zero attached hydrogens (tertiary/aromatic N) is 1. The van der Waals surface area contributed by atoms with Crippen LogP contribution in [-0.2, 0) is 14.3 Å². The average molecular weight is 257 g/mol. The third-order valence-corrected chi connectivity index (χ3v) is 2.88. The van der Waals surface area contributed by atoms with Gasteiger partial charge in [0.15, 0.2) is 0 Å². The van der Waals surface area contributed by atoms with Gasteiger partial charge in [0.05, 0.1) is 6.10 Å². The van der Waals surface area contributed by atoms with Crippen LogP contribution >= 0.6 is 0 Å². The first-order valence-corrected chi connectivity index (χ1v) is 6.25. The van der Waals surface area contributed by atoms with Crippen LogP contribution in [-0.4, -0.2) is 25.3 Å². The van der Waals surface area contributed by atoms with E-state index in [2.05, 4.69) is 0 Å². The van der Waals surface area contributed by atoms with E-state index in [1.54, 1.807) is 0 Å². The molecule has 4 heteroatoms. The molecule has 0 aliphatic carbocycles. The molecule has 1 aromatic carbocycles. The molecule has 1 heterocycles. The minimum Gasteiger partial charge on any atom is -0.459 e.